The van der Waals surface area contributed by atoms with E-state index in [4.69, 9.17) is 18.0 Å². The molecule has 0 aliphatic heterocycles. The fourth-order valence-corrected chi connectivity index (χ4v) is 2.25. The van der Waals surface area contributed by atoms with Crippen LogP contribution in [-0.2, 0) is 0 Å². The number of nitrogens with zero attached hydrogens (tertiary/aromatic N) is 3. The predicted molar refractivity (Wildman–Crippen MR) is 84.4 cm³/mol. The van der Waals surface area contributed by atoms with Crippen molar-refractivity contribution in [2.45, 2.75) is 0 Å². The lowest BCUT2D eigenvalue weighted by molar-refractivity contribution is 0.916. The van der Waals surface area contributed by atoms with Crippen molar-refractivity contribution >= 4 is 34.1 Å². The lowest BCUT2D eigenvalue weighted by Crippen LogP contribution is -2.26. The maximum Gasteiger partial charge on any atom is 0.226 e. The van der Waals surface area contributed by atoms with Gasteiger partial charge in [-0.2, -0.15) is 9.67 Å². The summed E-state index contributed by atoms with van der Waals surface area (Å²) < 4.78 is 1.42. The van der Waals surface area contributed by atoms with Gasteiger partial charge in [-0.1, -0.05) is 42.5 Å². The van der Waals surface area contributed by atoms with Crippen LogP contribution < -0.4 is 11.1 Å². The van der Waals surface area contributed by atoms with Crippen molar-refractivity contribution in [3.05, 3.63) is 42.5 Å². The molecule has 0 radical (unpaired) electrons. The molecule has 100 valence electrons. The Morgan fingerprint density at radius 1 is 1.20 bits per heavy atom. The highest BCUT2D eigenvalue weighted by Gasteiger charge is 2.13. The number of rotatable bonds is 1. The van der Waals surface area contributed by atoms with E-state index in [0.29, 0.717) is 10.9 Å². The number of nitrogens with one attached hydrogen (secondary N) is 1. The number of hydrogen-bond donors (Lipinski definition) is 2. The Balaban J connectivity index is 2.19. The smallest absolute Gasteiger partial charge is 0.226 e. The third-order valence-electron chi connectivity index (χ3n) is 3.07. The molecule has 0 fully saturated rings. The molecule has 0 atom stereocenters. The second-order valence-electron chi connectivity index (χ2n) is 4.29. The zero-order valence-electron chi connectivity index (χ0n) is 10.9. The number of nitrogen functional groups attached to an aromatic ring is 1. The molecule has 1 aromatic heterocycles. The van der Waals surface area contributed by atoms with Crippen molar-refractivity contribution in [1.82, 2.24) is 20.1 Å². The van der Waals surface area contributed by atoms with Crippen LogP contribution in [0, 0.1) is 0 Å². The molecule has 6 heteroatoms. The first-order valence-corrected chi connectivity index (χ1v) is 6.54. The SMILES string of the molecule is CNC(=S)n1nc(-c2cccc3ccccc23)nc1N. The molecule has 3 aromatic rings. The Labute approximate surface area is 121 Å². The number of nitrogens with two attached hydrogens (primary N) is 1. The summed E-state index contributed by atoms with van der Waals surface area (Å²) in [5.74, 6) is 0.837. The molecular formula is C14H13N5S. The van der Waals surface area contributed by atoms with E-state index in [1.54, 1.807) is 7.05 Å². The van der Waals surface area contributed by atoms with Gasteiger partial charge in [0.05, 0.1) is 0 Å². The average molecular weight is 283 g/mol. The van der Waals surface area contributed by atoms with E-state index in [1.807, 2.05) is 30.3 Å². The van der Waals surface area contributed by atoms with Crippen molar-refractivity contribution in [2.24, 2.45) is 0 Å². The maximum absolute atomic E-state index is 5.86. The first kappa shape index (κ1) is 12.6. The van der Waals surface area contributed by atoms with Crippen molar-refractivity contribution < 1.29 is 0 Å². The predicted octanol–water partition coefficient (Wildman–Crippen LogP) is 2.03. The van der Waals surface area contributed by atoms with Crippen LogP contribution in [0.25, 0.3) is 22.2 Å². The van der Waals surface area contributed by atoms with Gasteiger partial charge in [-0.3, -0.25) is 0 Å². The summed E-state index contributed by atoms with van der Waals surface area (Å²) >= 11 is 5.14. The molecular weight excluding hydrogens is 270 g/mol. The first-order valence-electron chi connectivity index (χ1n) is 6.13. The molecule has 2 aromatic carbocycles. The van der Waals surface area contributed by atoms with Gasteiger partial charge in [-0.25, -0.2) is 0 Å². The second kappa shape index (κ2) is 4.90. The first-order chi connectivity index (χ1) is 9.70. The molecule has 0 aliphatic rings. The Kier molecular flexibility index (Phi) is 3.08. The Morgan fingerprint density at radius 3 is 2.75 bits per heavy atom. The van der Waals surface area contributed by atoms with Crippen LogP contribution in [0.2, 0.25) is 0 Å². The van der Waals surface area contributed by atoms with E-state index in [0.717, 1.165) is 16.3 Å². The summed E-state index contributed by atoms with van der Waals surface area (Å²) in [6.45, 7) is 0. The van der Waals surface area contributed by atoms with Gasteiger partial charge >= 0.3 is 0 Å². The molecule has 3 rings (SSSR count). The van der Waals surface area contributed by atoms with Gasteiger partial charge in [0.15, 0.2) is 10.9 Å². The van der Waals surface area contributed by atoms with Crippen LogP contribution in [0.3, 0.4) is 0 Å². The van der Waals surface area contributed by atoms with Crippen LogP contribution in [-0.4, -0.2) is 26.9 Å². The summed E-state index contributed by atoms with van der Waals surface area (Å²) in [5, 5.41) is 9.85. The van der Waals surface area contributed by atoms with Gasteiger partial charge in [-0.05, 0) is 23.0 Å². The highest BCUT2D eigenvalue weighted by atomic mass is 32.1. The van der Waals surface area contributed by atoms with Crippen molar-refractivity contribution in [1.29, 1.82) is 0 Å². The van der Waals surface area contributed by atoms with Crippen molar-refractivity contribution in [3.63, 3.8) is 0 Å². The quantitative estimate of drug-likeness (QED) is 0.669. The van der Waals surface area contributed by atoms with E-state index in [9.17, 15) is 0 Å². The second-order valence-corrected chi connectivity index (χ2v) is 4.67. The fraction of sp³-hybridized carbons (Fsp3) is 0.0714. The van der Waals surface area contributed by atoms with Crippen LogP contribution in [0.1, 0.15) is 0 Å². The normalized spacial score (nSPS) is 10.7. The highest BCUT2D eigenvalue weighted by molar-refractivity contribution is 7.80. The molecule has 3 N–H and O–H groups in total. The maximum atomic E-state index is 5.86. The minimum atomic E-state index is 0.271. The third-order valence-corrected chi connectivity index (χ3v) is 3.45. The number of benzene rings is 2. The number of anilines is 1. The van der Waals surface area contributed by atoms with Gasteiger partial charge in [0, 0.05) is 12.6 Å². The molecule has 0 amide bonds. The van der Waals surface area contributed by atoms with Crippen LogP contribution in [0.5, 0.6) is 0 Å². The zero-order chi connectivity index (χ0) is 14.1. The zero-order valence-corrected chi connectivity index (χ0v) is 11.7. The number of thiocarbonyl (C=S) groups is 1. The van der Waals surface area contributed by atoms with Crippen LogP contribution in [0.15, 0.2) is 42.5 Å². The molecule has 0 aliphatic carbocycles. The van der Waals surface area contributed by atoms with Crippen molar-refractivity contribution in [3.8, 4) is 11.4 Å². The largest absolute Gasteiger partial charge is 0.368 e. The van der Waals surface area contributed by atoms with E-state index in [-0.39, 0.29) is 5.95 Å². The lowest BCUT2D eigenvalue weighted by atomic mass is 10.0. The Hall–Kier alpha value is -2.47. The van der Waals surface area contributed by atoms with Crippen LogP contribution in [0.4, 0.5) is 5.95 Å². The van der Waals surface area contributed by atoms with Gasteiger partial charge in [0.1, 0.15) is 0 Å². The molecule has 0 saturated heterocycles. The molecule has 0 bridgehead atoms. The monoisotopic (exact) mass is 283 g/mol. The minimum absolute atomic E-state index is 0.271. The van der Waals surface area contributed by atoms with E-state index in [1.165, 1.54) is 4.68 Å². The van der Waals surface area contributed by atoms with Crippen molar-refractivity contribution in [2.75, 3.05) is 12.8 Å². The Morgan fingerprint density at radius 2 is 1.95 bits per heavy atom. The minimum Gasteiger partial charge on any atom is -0.368 e. The molecule has 1 heterocycles. The molecule has 5 nitrogen and oxygen atoms in total. The third kappa shape index (κ3) is 2.00. The highest BCUT2D eigenvalue weighted by Crippen LogP contribution is 2.26. The molecule has 20 heavy (non-hydrogen) atoms. The summed E-state index contributed by atoms with van der Waals surface area (Å²) in [7, 11) is 1.72. The summed E-state index contributed by atoms with van der Waals surface area (Å²) in [4.78, 5) is 4.30. The van der Waals surface area contributed by atoms with Gasteiger partial charge in [0.25, 0.3) is 0 Å². The standard InChI is InChI=1S/C14H13N5S/c1-16-14(20)19-13(15)17-12(18-19)11-8-4-6-9-5-2-3-7-10(9)11/h2-8H,1H3,(H,16,20)(H2,15,17,18). The van der Waals surface area contributed by atoms with E-state index >= 15 is 0 Å². The van der Waals surface area contributed by atoms with E-state index < -0.39 is 0 Å². The summed E-state index contributed by atoms with van der Waals surface area (Å²) in [6.07, 6.45) is 0. The van der Waals surface area contributed by atoms with Gasteiger partial charge < -0.3 is 11.1 Å². The van der Waals surface area contributed by atoms with E-state index in [2.05, 4.69) is 27.5 Å². The number of fused-ring (bicyclic) bond motifs is 1. The molecule has 0 spiro atoms. The molecule has 0 unspecified atom stereocenters. The van der Waals surface area contributed by atoms with Gasteiger partial charge in [-0.15, -0.1) is 5.10 Å². The summed E-state index contributed by atoms with van der Waals surface area (Å²) in [6, 6.07) is 14.1. The number of hydrogen-bond acceptors (Lipinski definition) is 4. The topological polar surface area (TPSA) is 68.8 Å². The Bertz CT molecular complexity index is 788. The average Bonchev–Trinajstić information content (AvgIpc) is 2.87. The fourth-order valence-electron chi connectivity index (χ4n) is 2.11. The molecule has 0 saturated carbocycles. The van der Waals surface area contributed by atoms with Crippen LogP contribution >= 0.6 is 12.2 Å². The summed E-state index contributed by atoms with van der Waals surface area (Å²) in [5.41, 5.74) is 6.80. The lowest BCUT2D eigenvalue weighted by Gasteiger charge is -2.03. The van der Waals surface area contributed by atoms with Gasteiger partial charge in [0.2, 0.25) is 5.95 Å². The number of aromatic nitrogens is 3.